The first-order chi connectivity index (χ1) is 13.0. The van der Waals surface area contributed by atoms with E-state index in [1.54, 1.807) is 38.3 Å². The number of ether oxygens (including phenoxy) is 1. The molecule has 0 radical (unpaired) electrons. The Labute approximate surface area is 160 Å². The van der Waals surface area contributed by atoms with Gasteiger partial charge >= 0.3 is 0 Å². The quantitative estimate of drug-likeness (QED) is 0.518. The van der Waals surface area contributed by atoms with Crippen molar-refractivity contribution in [1.29, 1.82) is 0 Å². The van der Waals surface area contributed by atoms with Crippen LogP contribution in [-0.4, -0.2) is 23.5 Å². The zero-order valence-corrected chi connectivity index (χ0v) is 15.9. The highest BCUT2D eigenvalue weighted by Crippen LogP contribution is 2.28. The smallest absolute Gasteiger partial charge is 0.298 e. The normalized spacial score (nSPS) is 11.8. The minimum absolute atomic E-state index is 0.243. The van der Waals surface area contributed by atoms with E-state index in [2.05, 4.69) is 10.6 Å². The maximum Gasteiger partial charge on any atom is 0.298 e. The third-order valence-electron chi connectivity index (χ3n) is 3.85. The van der Waals surface area contributed by atoms with Crippen molar-refractivity contribution >= 4 is 23.4 Å². The lowest BCUT2D eigenvalue weighted by atomic mass is 10.2. The number of hydrogen-bond acceptors (Lipinski definition) is 6. The Balaban J connectivity index is 1.75. The van der Waals surface area contributed by atoms with Crippen LogP contribution in [-0.2, 0) is 4.79 Å². The summed E-state index contributed by atoms with van der Waals surface area (Å²) in [6.45, 7) is 3.68. The Morgan fingerprint density at radius 2 is 2.04 bits per heavy atom. The van der Waals surface area contributed by atoms with Crippen LogP contribution in [0.2, 0.25) is 0 Å². The van der Waals surface area contributed by atoms with Crippen LogP contribution in [0.1, 0.15) is 12.5 Å². The van der Waals surface area contributed by atoms with Gasteiger partial charge in [0, 0.05) is 23.9 Å². The molecule has 0 aliphatic heterocycles. The fourth-order valence-corrected chi connectivity index (χ4v) is 3.23. The van der Waals surface area contributed by atoms with Crippen LogP contribution < -0.4 is 19.8 Å². The molecule has 3 rings (SSSR count). The number of nitrogens with zero attached hydrogens (tertiary/aromatic N) is 2. The van der Waals surface area contributed by atoms with Gasteiger partial charge in [0.05, 0.1) is 17.6 Å². The molecule has 0 fully saturated rings. The van der Waals surface area contributed by atoms with Crippen molar-refractivity contribution in [1.82, 2.24) is 5.27 Å². The maximum absolute atomic E-state index is 12.5. The Bertz CT molecular complexity index is 940. The van der Waals surface area contributed by atoms with Gasteiger partial charge in [0.25, 0.3) is 5.03 Å². The summed E-state index contributed by atoms with van der Waals surface area (Å²) in [6, 6.07) is 14.6. The maximum atomic E-state index is 12.5. The number of carbonyl (C=O) groups excluding carboxylic acids is 1. The molecular formula is C19H19N3O4S. The van der Waals surface area contributed by atoms with E-state index in [1.807, 2.05) is 31.2 Å². The van der Waals surface area contributed by atoms with Gasteiger partial charge in [-0.25, -0.2) is 0 Å². The highest BCUT2D eigenvalue weighted by Gasteiger charge is 2.26. The highest BCUT2D eigenvalue weighted by molar-refractivity contribution is 8.00. The number of methoxy groups -OCH3 is 1. The number of carbonyl (C=O) groups is 1. The highest BCUT2D eigenvalue weighted by atomic mass is 32.2. The number of nitrogens with one attached hydrogen (secondary N) is 1. The predicted molar refractivity (Wildman–Crippen MR) is 99.2 cm³/mol. The van der Waals surface area contributed by atoms with Gasteiger partial charge in [-0.3, -0.25) is 4.79 Å². The van der Waals surface area contributed by atoms with E-state index in [1.165, 1.54) is 4.68 Å². The van der Waals surface area contributed by atoms with Crippen LogP contribution >= 0.6 is 11.8 Å². The van der Waals surface area contributed by atoms with Gasteiger partial charge in [-0.1, -0.05) is 23.8 Å². The van der Waals surface area contributed by atoms with Crippen LogP contribution in [0, 0.1) is 6.92 Å². The summed E-state index contributed by atoms with van der Waals surface area (Å²) in [6.07, 6.45) is 0. The van der Waals surface area contributed by atoms with Crippen LogP contribution in [0.4, 0.5) is 5.69 Å². The molecule has 140 valence electrons. The van der Waals surface area contributed by atoms with Crippen molar-refractivity contribution in [2.75, 3.05) is 12.4 Å². The van der Waals surface area contributed by atoms with Gasteiger partial charge in [-0.05, 0) is 42.4 Å². The molecule has 2 aromatic carbocycles. The number of aryl methyl sites for hydroxylation is 1. The molecule has 1 unspecified atom stereocenters. The summed E-state index contributed by atoms with van der Waals surface area (Å²) in [7, 11) is 1.56. The second-order valence-corrected chi connectivity index (χ2v) is 7.22. The van der Waals surface area contributed by atoms with E-state index < -0.39 is 11.2 Å². The standard InChI is InChI=1S/C19H19N3O4S/c1-12-7-9-15(10-8-12)22-18(19(24)26-21-22)27-13(2)17(23)20-14-5-4-6-16(11-14)25-3/h4-11,13H,1-3H3,(H-,20,21,23,24). The molecule has 1 aromatic heterocycles. The van der Waals surface area contributed by atoms with Crippen molar-refractivity contribution in [2.24, 2.45) is 0 Å². The van der Waals surface area contributed by atoms with Crippen molar-refractivity contribution in [3.63, 3.8) is 0 Å². The SMILES string of the molecule is COc1cccc(NC(=O)C(C)Sc2c([O-])on[n+]2-c2ccc(C)cc2)c1. The molecule has 3 aromatic rings. The Kier molecular flexibility index (Phi) is 5.66. The molecule has 0 saturated heterocycles. The van der Waals surface area contributed by atoms with Crippen molar-refractivity contribution in [2.45, 2.75) is 24.1 Å². The fourth-order valence-electron chi connectivity index (χ4n) is 2.35. The molecule has 0 spiro atoms. The summed E-state index contributed by atoms with van der Waals surface area (Å²) >= 11 is 1.09. The van der Waals surface area contributed by atoms with Gasteiger partial charge in [0.15, 0.2) is 5.95 Å². The van der Waals surface area contributed by atoms with Crippen LogP contribution in [0.3, 0.4) is 0 Å². The van der Waals surface area contributed by atoms with Crippen LogP contribution in [0.25, 0.3) is 5.69 Å². The first-order valence-corrected chi connectivity index (χ1v) is 9.13. The number of benzene rings is 2. The summed E-state index contributed by atoms with van der Waals surface area (Å²) in [5.74, 6) is -0.183. The van der Waals surface area contributed by atoms with Gasteiger partial charge in [-0.15, -0.1) is 0 Å². The van der Waals surface area contributed by atoms with Gasteiger partial charge < -0.3 is 19.7 Å². The molecule has 7 nitrogen and oxygen atoms in total. The van der Waals surface area contributed by atoms with Gasteiger partial charge in [0.2, 0.25) is 11.6 Å². The van der Waals surface area contributed by atoms with E-state index in [0.717, 1.165) is 17.3 Å². The second kappa shape index (κ2) is 8.13. The first-order valence-electron chi connectivity index (χ1n) is 8.25. The van der Waals surface area contributed by atoms with E-state index in [9.17, 15) is 9.90 Å². The van der Waals surface area contributed by atoms with Gasteiger partial charge in [-0.2, -0.15) is 0 Å². The van der Waals surface area contributed by atoms with Crippen LogP contribution in [0.15, 0.2) is 58.1 Å². The zero-order chi connectivity index (χ0) is 19.4. The number of amides is 1. The van der Waals surface area contributed by atoms with Crippen molar-refractivity contribution in [3.8, 4) is 17.4 Å². The summed E-state index contributed by atoms with van der Waals surface area (Å²) in [5, 5.41) is 18.4. The molecule has 1 amide bonds. The zero-order valence-electron chi connectivity index (χ0n) is 15.1. The van der Waals surface area contributed by atoms with Crippen LogP contribution in [0.5, 0.6) is 11.7 Å². The topological polar surface area (TPSA) is 91.3 Å². The summed E-state index contributed by atoms with van der Waals surface area (Å²) in [4.78, 5) is 12.5. The van der Waals surface area contributed by atoms with E-state index in [0.29, 0.717) is 17.1 Å². The summed E-state index contributed by atoms with van der Waals surface area (Å²) in [5.41, 5.74) is 2.39. The average molecular weight is 385 g/mol. The second-order valence-electron chi connectivity index (χ2n) is 5.89. The number of rotatable bonds is 6. The Morgan fingerprint density at radius 1 is 1.30 bits per heavy atom. The minimum Gasteiger partial charge on any atom is -0.538 e. The molecule has 0 bridgehead atoms. The Hall–Kier alpha value is -3.00. The molecular weight excluding hydrogens is 366 g/mol. The third kappa shape index (κ3) is 4.40. The van der Waals surface area contributed by atoms with E-state index in [-0.39, 0.29) is 10.9 Å². The average Bonchev–Trinajstić information content (AvgIpc) is 3.03. The van der Waals surface area contributed by atoms with E-state index >= 15 is 0 Å². The molecule has 0 aliphatic rings. The molecule has 1 N–H and O–H groups in total. The number of thioether (sulfide) groups is 1. The monoisotopic (exact) mass is 385 g/mol. The number of aromatic nitrogens is 2. The van der Waals surface area contributed by atoms with Crippen molar-refractivity contribution < 1.29 is 23.8 Å². The van der Waals surface area contributed by atoms with Gasteiger partial charge in [0.1, 0.15) is 5.75 Å². The molecule has 0 saturated carbocycles. The molecule has 1 atom stereocenters. The molecule has 8 heteroatoms. The number of anilines is 1. The number of hydrogen-bond donors (Lipinski definition) is 1. The minimum atomic E-state index is -0.582. The Morgan fingerprint density at radius 3 is 2.74 bits per heavy atom. The first kappa shape index (κ1) is 18.8. The largest absolute Gasteiger partial charge is 0.538 e. The fraction of sp³-hybridized carbons (Fsp3) is 0.211. The molecule has 1 heterocycles. The molecule has 27 heavy (non-hydrogen) atoms. The van der Waals surface area contributed by atoms with E-state index in [4.69, 9.17) is 9.26 Å². The van der Waals surface area contributed by atoms with Crippen molar-refractivity contribution in [3.05, 3.63) is 54.1 Å². The molecule has 0 aliphatic carbocycles. The predicted octanol–water partition coefficient (Wildman–Crippen LogP) is 2.46. The lowest BCUT2D eigenvalue weighted by molar-refractivity contribution is -0.705. The lowest BCUT2D eigenvalue weighted by Gasteiger charge is -2.11. The summed E-state index contributed by atoms with van der Waals surface area (Å²) < 4.78 is 11.4. The third-order valence-corrected chi connectivity index (χ3v) is 4.98. The lowest BCUT2D eigenvalue weighted by Crippen LogP contribution is -2.36.